The van der Waals surface area contributed by atoms with Crippen LogP contribution in [0.1, 0.15) is 27.2 Å². The van der Waals surface area contributed by atoms with E-state index in [9.17, 15) is 18.0 Å². The van der Waals surface area contributed by atoms with E-state index < -0.39 is 15.9 Å². The summed E-state index contributed by atoms with van der Waals surface area (Å²) in [5.74, 6) is 0.554. The molecule has 36 heavy (non-hydrogen) atoms. The summed E-state index contributed by atoms with van der Waals surface area (Å²) >= 11 is 0. The molecule has 0 radical (unpaired) electrons. The van der Waals surface area contributed by atoms with Gasteiger partial charge in [-0.25, -0.2) is 18.2 Å². The Kier molecular flexibility index (Phi) is 7.24. The number of anilines is 2. The number of piperazine rings is 1. The predicted octanol–water partition coefficient (Wildman–Crippen LogP) is 2.34. The van der Waals surface area contributed by atoms with E-state index in [-0.39, 0.29) is 35.6 Å². The van der Waals surface area contributed by atoms with Crippen LogP contribution in [0.25, 0.3) is 0 Å². The molecule has 0 spiro atoms. The van der Waals surface area contributed by atoms with Gasteiger partial charge in [0.2, 0.25) is 0 Å². The normalized spacial score (nSPS) is 18.5. The monoisotopic (exact) mass is 516 g/mol. The van der Waals surface area contributed by atoms with Gasteiger partial charge in [0, 0.05) is 50.9 Å². The van der Waals surface area contributed by atoms with Crippen LogP contribution in [0.2, 0.25) is 0 Å². The molecule has 4 rings (SSSR count). The number of nitrogens with zero attached hydrogens (tertiary/aromatic N) is 4. The first-order valence-corrected chi connectivity index (χ1v) is 13.7. The minimum Gasteiger partial charge on any atom is -0.447 e. The summed E-state index contributed by atoms with van der Waals surface area (Å²) in [7, 11) is -2.25. The first-order chi connectivity index (χ1) is 17.0. The van der Waals surface area contributed by atoms with Gasteiger partial charge in [-0.1, -0.05) is 6.07 Å². The fourth-order valence-corrected chi connectivity index (χ4v) is 5.57. The first kappa shape index (κ1) is 25.9. The Bertz CT molecular complexity index is 1290. The summed E-state index contributed by atoms with van der Waals surface area (Å²) in [5.41, 5.74) is 3.63. The smallest absolute Gasteiger partial charge is 0.414 e. The molecule has 10 nitrogen and oxygen atoms in total. The zero-order valence-corrected chi connectivity index (χ0v) is 22.1. The van der Waals surface area contributed by atoms with Crippen molar-refractivity contribution < 1.29 is 27.5 Å². The van der Waals surface area contributed by atoms with Crippen molar-refractivity contribution in [2.24, 2.45) is 0 Å². The molecule has 2 saturated heterocycles. The number of ether oxygens (including phenoxy) is 2. The van der Waals surface area contributed by atoms with E-state index in [0.717, 1.165) is 28.9 Å². The molecule has 0 saturated carbocycles. The van der Waals surface area contributed by atoms with Crippen molar-refractivity contribution in [1.29, 1.82) is 0 Å². The van der Waals surface area contributed by atoms with Crippen molar-refractivity contribution in [3.8, 4) is 0 Å². The van der Waals surface area contributed by atoms with Crippen molar-refractivity contribution in [1.82, 2.24) is 9.88 Å². The van der Waals surface area contributed by atoms with Crippen molar-refractivity contribution in [2.75, 3.05) is 62.6 Å². The Labute approximate surface area is 211 Å². The Morgan fingerprint density at radius 3 is 2.44 bits per heavy atom. The number of sulfone groups is 1. The molecule has 1 aromatic carbocycles. The van der Waals surface area contributed by atoms with E-state index in [1.165, 1.54) is 24.1 Å². The SMILES string of the molecule is COC[C@@H]1COC(=O)N1c1ccc(C(=O)N2CCN(c3nc(C)c(C)cc3C)CC2)c(S(C)(=O)=O)c1. The van der Waals surface area contributed by atoms with E-state index in [0.29, 0.717) is 31.9 Å². The van der Waals surface area contributed by atoms with Gasteiger partial charge < -0.3 is 19.3 Å². The minimum atomic E-state index is -3.76. The zero-order valence-electron chi connectivity index (χ0n) is 21.3. The minimum absolute atomic E-state index is 0.0889. The van der Waals surface area contributed by atoms with Crippen LogP contribution in [-0.4, -0.2) is 89.1 Å². The maximum atomic E-state index is 13.4. The molecule has 11 heteroatoms. The van der Waals surface area contributed by atoms with E-state index in [4.69, 9.17) is 14.5 Å². The molecule has 2 amide bonds. The molecule has 0 bridgehead atoms. The number of cyclic esters (lactones) is 1. The predicted molar refractivity (Wildman–Crippen MR) is 136 cm³/mol. The van der Waals surface area contributed by atoms with Crippen LogP contribution < -0.4 is 9.80 Å². The lowest BCUT2D eigenvalue weighted by atomic mass is 10.1. The summed E-state index contributed by atoms with van der Waals surface area (Å²) in [5, 5.41) is 0. The molecule has 2 aromatic rings. The third-order valence-electron chi connectivity index (χ3n) is 6.69. The standard InChI is InChI=1S/C25H32N4O6S/c1-16-12-17(2)23(26-18(16)3)27-8-10-28(11-9-27)24(30)21-7-6-19(13-22(21)36(5,32)33)29-20(14-34-4)15-35-25(29)31/h6-7,12-13,20H,8-11,14-15H2,1-5H3/t20-/m1/s1. The molecule has 2 fully saturated rings. The van der Waals surface area contributed by atoms with Gasteiger partial charge in [-0.2, -0.15) is 0 Å². The Balaban J connectivity index is 1.57. The molecule has 0 N–H and O–H groups in total. The van der Waals surface area contributed by atoms with E-state index in [2.05, 4.69) is 11.0 Å². The molecular formula is C25H32N4O6S. The lowest BCUT2D eigenvalue weighted by Crippen LogP contribution is -2.49. The summed E-state index contributed by atoms with van der Waals surface area (Å²) in [6.45, 7) is 8.47. The number of hydrogen-bond donors (Lipinski definition) is 0. The number of aryl methyl sites for hydroxylation is 3. The summed E-state index contributed by atoms with van der Waals surface area (Å²) < 4.78 is 35.7. The van der Waals surface area contributed by atoms with E-state index in [1.807, 2.05) is 20.8 Å². The highest BCUT2D eigenvalue weighted by molar-refractivity contribution is 7.90. The van der Waals surface area contributed by atoms with E-state index >= 15 is 0 Å². The fourth-order valence-electron chi connectivity index (χ4n) is 4.68. The van der Waals surface area contributed by atoms with Crippen LogP contribution in [0.5, 0.6) is 0 Å². The van der Waals surface area contributed by atoms with Crippen LogP contribution in [0.4, 0.5) is 16.3 Å². The van der Waals surface area contributed by atoms with Gasteiger partial charge in [-0.15, -0.1) is 0 Å². The van der Waals surface area contributed by atoms with Crippen LogP contribution >= 0.6 is 0 Å². The molecule has 0 aliphatic carbocycles. The van der Waals surface area contributed by atoms with Crippen molar-refractivity contribution in [2.45, 2.75) is 31.7 Å². The highest BCUT2D eigenvalue weighted by atomic mass is 32.2. The van der Waals surface area contributed by atoms with Crippen molar-refractivity contribution in [3.63, 3.8) is 0 Å². The highest BCUT2D eigenvalue weighted by Gasteiger charge is 2.36. The van der Waals surface area contributed by atoms with Gasteiger partial charge in [-0.3, -0.25) is 9.69 Å². The number of rotatable bonds is 6. The summed E-state index contributed by atoms with van der Waals surface area (Å²) in [4.78, 5) is 35.6. The Morgan fingerprint density at radius 1 is 1.11 bits per heavy atom. The first-order valence-electron chi connectivity index (χ1n) is 11.8. The van der Waals surface area contributed by atoms with Gasteiger partial charge in [0.25, 0.3) is 5.91 Å². The number of methoxy groups -OCH3 is 1. The van der Waals surface area contributed by atoms with Crippen LogP contribution in [0.15, 0.2) is 29.2 Å². The maximum Gasteiger partial charge on any atom is 0.414 e. The van der Waals surface area contributed by atoms with Gasteiger partial charge in [0.05, 0.1) is 23.1 Å². The number of benzene rings is 1. The molecule has 1 aromatic heterocycles. The number of aromatic nitrogens is 1. The molecular weight excluding hydrogens is 484 g/mol. The van der Waals surface area contributed by atoms with Gasteiger partial charge in [0.1, 0.15) is 12.4 Å². The highest BCUT2D eigenvalue weighted by Crippen LogP contribution is 2.29. The number of carbonyl (C=O) groups excluding carboxylic acids is 2. The lowest BCUT2D eigenvalue weighted by Gasteiger charge is -2.36. The molecule has 2 aliphatic heterocycles. The van der Waals surface area contributed by atoms with Crippen molar-refractivity contribution >= 4 is 33.3 Å². The summed E-state index contributed by atoms with van der Waals surface area (Å²) in [6.07, 6.45) is 0.478. The Hall–Kier alpha value is -3.18. The zero-order chi connectivity index (χ0) is 26.2. The van der Waals surface area contributed by atoms with Gasteiger partial charge in [0.15, 0.2) is 9.84 Å². The second-order valence-electron chi connectivity index (χ2n) is 9.32. The topological polar surface area (TPSA) is 109 Å². The number of amides is 2. The molecule has 194 valence electrons. The quantitative estimate of drug-likeness (QED) is 0.576. The molecule has 2 aliphatic rings. The average Bonchev–Trinajstić information content (AvgIpc) is 3.20. The summed E-state index contributed by atoms with van der Waals surface area (Å²) in [6, 6.07) is 6.16. The van der Waals surface area contributed by atoms with E-state index in [1.54, 1.807) is 11.0 Å². The molecule has 0 unspecified atom stereocenters. The number of hydrogen-bond acceptors (Lipinski definition) is 8. The lowest BCUT2D eigenvalue weighted by molar-refractivity contribution is 0.0742. The third-order valence-corrected chi connectivity index (χ3v) is 7.83. The number of pyridine rings is 1. The number of carbonyl (C=O) groups is 2. The molecule has 3 heterocycles. The maximum absolute atomic E-state index is 13.4. The van der Waals surface area contributed by atoms with Crippen molar-refractivity contribution in [3.05, 3.63) is 46.6 Å². The Morgan fingerprint density at radius 2 is 1.81 bits per heavy atom. The average molecular weight is 517 g/mol. The van der Waals surface area contributed by atoms with Gasteiger partial charge >= 0.3 is 6.09 Å². The molecule has 1 atom stereocenters. The second kappa shape index (κ2) is 10.1. The fraction of sp³-hybridized carbons (Fsp3) is 0.480. The third kappa shape index (κ3) is 5.03. The van der Waals surface area contributed by atoms with Gasteiger partial charge in [-0.05, 0) is 50.1 Å². The van der Waals surface area contributed by atoms with Crippen LogP contribution in [-0.2, 0) is 19.3 Å². The van der Waals surface area contributed by atoms with Crippen LogP contribution in [0, 0.1) is 20.8 Å². The largest absolute Gasteiger partial charge is 0.447 e. The second-order valence-corrected chi connectivity index (χ2v) is 11.3. The van der Waals surface area contributed by atoms with Crippen LogP contribution in [0.3, 0.4) is 0 Å².